The van der Waals surface area contributed by atoms with Gasteiger partial charge >= 0.3 is 0 Å². The number of rotatable bonds is 1. The molecule has 0 aliphatic rings. The molecule has 0 aromatic heterocycles. The van der Waals surface area contributed by atoms with Gasteiger partial charge in [-0.3, -0.25) is 0 Å². The van der Waals surface area contributed by atoms with E-state index in [1.165, 1.54) is 0 Å². The average Bonchev–Trinajstić information content (AvgIpc) is 1.37. The van der Waals surface area contributed by atoms with Crippen molar-refractivity contribution in [2.24, 2.45) is 0 Å². The molecule has 0 rings (SSSR count). The second-order valence-electron chi connectivity index (χ2n) is 0.408. The summed E-state index contributed by atoms with van der Waals surface area (Å²) in [5, 5.41) is 0. The monoisotopic (exact) mass is 75.1 g/mol. The Morgan fingerprint density at radius 3 is 1.80 bits per heavy atom. The smallest absolute Gasteiger partial charge is 0.0814 e. The Morgan fingerprint density at radius 2 is 1.80 bits per heavy atom. The minimum atomic E-state index is 0. The van der Waals surface area contributed by atoms with Crippen LogP contribution in [-0.4, -0.2) is 22.6 Å². The molecular weight excluding hydrogens is 64.8 g/mol. The second kappa shape index (κ2) is 9.01. The summed E-state index contributed by atoms with van der Waals surface area (Å²) in [5.74, 6) is 0. The first-order valence-electron chi connectivity index (χ1n) is 1.11. The standard InChI is InChI=1S/C2H7NO.BH3/c1-3-4-2;/h3H,1-2H3;1H3. The van der Waals surface area contributed by atoms with Crippen molar-refractivity contribution in [2.45, 2.75) is 0 Å². The van der Waals surface area contributed by atoms with E-state index < -0.39 is 0 Å². The molecule has 0 unspecified atom stereocenters. The third-order valence-electron chi connectivity index (χ3n) is 0.204. The maximum Gasteiger partial charge on any atom is 0.0814 e. The zero-order valence-corrected chi connectivity index (χ0v) is 2.91. The number of hydrogen-bond acceptors (Lipinski definition) is 2. The molecule has 0 saturated carbocycles. The lowest BCUT2D eigenvalue weighted by atomic mass is 10.8. The summed E-state index contributed by atoms with van der Waals surface area (Å²) < 4.78 is 0. The molecule has 3 heteroatoms. The van der Waals surface area contributed by atoms with E-state index in [2.05, 4.69) is 10.3 Å². The van der Waals surface area contributed by atoms with Crippen molar-refractivity contribution >= 4 is 8.41 Å². The van der Waals surface area contributed by atoms with Crippen LogP contribution < -0.4 is 5.48 Å². The second-order valence-corrected chi connectivity index (χ2v) is 0.408. The lowest BCUT2D eigenvalue weighted by Crippen LogP contribution is -2.00. The summed E-state index contributed by atoms with van der Waals surface area (Å²) in [6.45, 7) is 0. The quantitative estimate of drug-likeness (QED) is 0.305. The molecule has 0 aliphatic heterocycles. The van der Waals surface area contributed by atoms with Gasteiger partial charge in [-0.15, -0.1) is 0 Å². The molecule has 0 aromatic rings. The van der Waals surface area contributed by atoms with Crippen LogP contribution in [0, 0.1) is 0 Å². The molecule has 5 heavy (non-hydrogen) atoms. The van der Waals surface area contributed by atoms with Crippen molar-refractivity contribution in [1.29, 1.82) is 0 Å². The summed E-state index contributed by atoms with van der Waals surface area (Å²) in [6.07, 6.45) is 0. The maximum absolute atomic E-state index is 4.29. The normalized spacial score (nSPS) is 6.00. The SMILES string of the molecule is B.CNOC. The van der Waals surface area contributed by atoms with Crippen molar-refractivity contribution in [1.82, 2.24) is 5.48 Å². The Balaban J connectivity index is 0. The molecular formula is C2H10BNO. The van der Waals surface area contributed by atoms with Crippen LogP contribution in [0.25, 0.3) is 0 Å². The summed E-state index contributed by atoms with van der Waals surface area (Å²) in [4.78, 5) is 4.29. The Kier molecular flexibility index (Phi) is 16.0. The average molecular weight is 74.9 g/mol. The summed E-state index contributed by atoms with van der Waals surface area (Å²) in [5.41, 5.74) is 2.43. The highest BCUT2D eigenvalue weighted by atomic mass is 16.6. The Bertz CT molecular complexity index is 11.6. The van der Waals surface area contributed by atoms with E-state index in [1.807, 2.05) is 0 Å². The first-order valence-corrected chi connectivity index (χ1v) is 1.11. The predicted molar refractivity (Wildman–Crippen MR) is 26.0 cm³/mol. The lowest BCUT2D eigenvalue weighted by molar-refractivity contribution is 0.112. The molecule has 2 nitrogen and oxygen atoms in total. The predicted octanol–water partition coefficient (Wildman–Crippen LogP) is -1.42. The molecule has 0 aliphatic carbocycles. The van der Waals surface area contributed by atoms with Crippen LogP contribution in [0.3, 0.4) is 0 Å². The first kappa shape index (κ1) is 8.88. The minimum absolute atomic E-state index is 0. The minimum Gasteiger partial charge on any atom is -0.305 e. The van der Waals surface area contributed by atoms with E-state index in [4.69, 9.17) is 0 Å². The zero-order chi connectivity index (χ0) is 3.41. The van der Waals surface area contributed by atoms with E-state index >= 15 is 0 Å². The Morgan fingerprint density at radius 1 is 1.60 bits per heavy atom. The fourth-order valence-electron chi connectivity index (χ4n) is 0. The molecule has 0 aromatic carbocycles. The van der Waals surface area contributed by atoms with Gasteiger partial charge in [-0.1, -0.05) is 0 Å². The van der Waals surface area contributed by atoms with Crippen LogP contribution in [0.4, 0.5) is 0 Å². The van der Waals surface area contributed by atoms with Gasteiger partial charge in [0, 0.05) is 7.05 Å². The van der Waals surface area contributed by atoms with Gasteiger partial charge in [0.15, 0.2) is 0 Å². The van der Waals surface area contributed by atoms with Gasteiger partial charge in [0.25, 0.3) is 0 Å². The van der Waals surface area contributed by atoms with Crippen LogP contribution in [0.2, 0.25) is 0 Å². The van der Waals surface area contributed by atoms with Crippen LogP contribution in [0.5, 0.6) is 0 Å². The van der Waals surface area contributed by atoms with E-state index in [1.54, 1.807) is 14.2 Å². The van der Waals surface area contributed by atoms with Gasteiger partial charge in [0.05, 0.1) is 15.5 Å². The molecule has 0 bridgehead atoms. The third-order valence-corrected chi connectivity index (χ3v) is 0.204. The Hall–Kier alpha value is -0.0151. The molecule has 32 valence electrons. The third kappa shape index (κ3) is 16.2. The van der Waals surface area contributed by atoms with E-state index in [0.717, 1.165) is 0 Å². The molecule has 1 N–H and O–H groups in total. The van der Waals surface area contributed by atoms with Gasteiger partial charge in [-0.2, -0.15) is 0 Å². The van der Waals surface area contributed by atoms with Crippen LogP contribution >= 0.6 is 0 Å². The van der Waals surface area contributed by atoms with Crippen LogP contribution in [-0.2, 0) is 4.84 Å². The Labute approximate surface area is 34.0 Å². The zero-order valence-electron chi connectivity index (χ0n) is 2.91. The highest BCUT2D eigenvalue weighted by molar-refractivity contribution is 5.75. The van der Waals surface area contributed by atoms with Gasteiger partial charge < -0.3 is 4.84 Å². The summed E-state index contributed by atoms with van der Waals surface area (Å²) in [6, 6.07) is 0. The molecule has 0 saturated heterocycles. The van der Waals surface area contributed by atoms with Crippen LogP contribution in [0.15, 0.2) is 0 Å². The van der Waals surface area contributed by atoms with Crippen LogP contribution in [0.1, 0.15) is 0 Å². The lowest BCUT2D eigenvalue weighted by Gasteiger charge is -1.80. The summed E-state index contributed by atoms with van der Waals surface area (Å²) >= 11 is 0. The molecule has 0 amide bonds. The maximum atomic E-state index is 4.29. The van der Waals surface area contributed by atoms with Gasteiger partial charge in [-0.05, 0) is 0 Å². The first-order chi connectivity index (χ1) is 1.91. The number of hydrogen-bond donors (Lipinski definition) is 1. The summed E-state index contributed by atoms with van der Waals surface area (Å²) in [7, 11) is 3.28. The molecule has 0 atom stereocenters. The number of hydroxylamine groups is 1. The highest BCUT2D eigenvalue weighted by Gasteiger charge is 1.45. The van der Waals surface area contributed by atoms with Crippen molar-refractivity contribution in [3.63, 3.8) is 0 Å². The van der Waals surface area contributed by atoms with Gasteiger partial charge in [0.1, 0.15) is 0 Å². The van der Waals surface area contributed by atoms with Crippen molar-refractivity contribution in [3.8, 4) is 0 Å². The van der Waals surface area contributed by atoms with E-state index in [-0.39, 0.29) is 8.41 Å². The molecule has 0 spiro atoms. The van der Waals surface area contributed by atoms with E-state index in [0.29, 0.717) is 0 Å². The number of nitrogens with one attached hydrogen (secondary N) is 1. The van der Waals surface area contributed by atoms with Gasteiger partial charge in [0.2, 0.25) is 0 Å². The highest BCUT2D eigenvalue weighted by Crippen LogP contribution is 1.32. The fraction of sp³-hybridized carbons (Fsp3) is 1.00. The molecule has 0 radical (unpaired) electrons. The fourth-order valence-corrected chi connectivity index (χ4v) is 0. The van der Waals surface area contributed by atoms with Crippen molar-refractivity contribution < 1.29 is 4.84 Å². The molecule has 0 fully saturated rings. The topological polar surface area (TPSA) is 21.3 Å². The largest absolute Gasteiger partial charge is 0.305 e. The van der Waals surface area contributed by atoms with Crippen molar-refractivity contribution in [3.05, 3.63) is 0 Å². The van der Waals surface area contributed by atoms with Crippen molar-refractivity contribution in [2.75, 3.05) is 14.2 Å². The van der Waals surface area contributed by atoms with Gasteiger partial charge in [-0.25, -0.2) is 5.48 Å². The molecule has 0 heterocycles. The van der Waals surface area contributed by atoms with E-state index in [9.17, 15) is 0 Å².